The summed E-state index contributed by atoms with van der Waals surface area (Å²) in [5.41, 5.74) is 0.801. The summed E-state index contributed by atoms with van der Waals surface area (Å²) in [5, 5.41) is 0. The molecule has 2 fully saturated rings. The molecule has 2 heterocycles. The van der Waals surface area contributed by atoms with E-state index < -0.39 is 0 Å². The van der Waals surface area contributed by atoms with E-state index in [0.29, 0.717) is 12.3 Å². The number of anilines is 1. The smallest absolute Gasteiger partial charge is 0.232 e. The third-order valence-electron chi connectivity index (χ3n) is 5.91. The van der Waals surface area contributed by atoms with Crippen molar-refractivity contribution in [3.05, 3.63) is 24.0 Å². The van der Waals surface area contributed by atoms with Gasteiger partial charge >= 0.3 is 0 Å². The Morgan fingerprint density at radius 1 is 1.03 bits per heavy atom. The molecule has 0 saturated carbocycles. The minimum absolute atomic E-state index is 0. The van der Waals surface area contributed by atoms with Crippen LogP contribution in [0.15, 0.2) is 18.2 Å². The maximum Gasteiger partial charge on any atom is 0.232 e. The third-order valence-corrected chi connectivity index (χ3v) is 5.91. The Bertz CT molecular complexity index is 733. The second kappa shape index (κ2) is 10.4. The molecule has 2 saturated heterocycles. The van der Waals surface area contributed by atoms with Gasteiger partial charge < -0.3 is 9.64 Å². The predicted molar refractivity (Wildman–Crippen MR) is 118 cm³/mol. The molecule has 2 unspecified atom stereocenters. The first-order chi connectivity index (χ1) is 13.8. The van der Waals surface area contributed by atoms with Crippen LogP contribution in [0.25, 0.3) is 0 Å². The number of hydrogen-bond acceptors (Lipinski definition) is 5. The summed E-state index contributed by atoms with van der Waals surface area (Å²) < 4.78 is 19.6. The zero-order chi connectivity index (χ0) is 21.1. The number of piperazine rings is 1. The van der Waals surface area contributed by atoms with Crippen molar-refractivity contribution in [1.82, 2.24) is 9.80 Å². The van der Waals surface area contributed by atoms with Crippen LogP contribution >= 0.6 is 12.4 Å². The van der Waals surface area contributed by atoms with E-state index in [9.17, 15) is 14.0 Å². The molecule has 0 aliphatic carbocycles. The van der Waals surface area contributed by atoms with Crippen LogP contribution in [-0.4, -0.2) is 67.0 Å². The van der Waals surface area contributed by atoms with Gasteiger partial charge in [-0.1, -0.05) is 13.8 Å². The van der Waals surface area contributed by atoms with E-state index in [1.54, 1.807) is 12.1 Å². The number of halogens is 2. The number of nitrogens with zero attached hydrogens (tertiary/aromatic N) is 3. The average molecular weight is 442 g/mol. The highest BCUT2D eigenvalue weighted by atomic mass is 35.5. The number of ether oxygens (including phenoxy) is 1. The SMILES string of the molecule is CC(C)Oc1ccc(F)cc1N1CCN(CCCN2C(=O)C(C)C(C)C2=O)CC1.Cl. The van der Waals surface area contributed by atoms with Crippen molar-refractivity contribution in [2.45, 2.75) is 40.2 Å². The topological polar surface area (TPSA) is 53.1 Å². The number of imide groups is 1. The first kappa shape index (κ1) is 24.4. The molecular weight excluding hydrogens is 409 g/mol. The molecule has 0 spiro atoms. The largest absolute Gasteiger partial charge is 0.489 e. The average Bonchev–Trinajstić information content (AvgIpc) is 2.87. The maximum atomic E-state index is 13.8. The fraction of sp³-hybridized carbons (Fsp3) is 0.636. The van der Waals surface area contributed by atoms with Crippen molar-refractivity contribution in [1.29, 1.82) is 0 Å². The van der Waals surface area contributed by atoms with Gasteiger partial charge in [0.2, 0.25) is 11.8 Å². The summed E-state index contributed by atoms with van der Waals surface area (Å²) >= 11 is 0. The number of likely N-dealkylation sites (tertiary alicyclic amines) is 1. The van der Waals surface area contributed by atoms with E-state index in [4.69, 9.17) is 4.74 Å². The van der Waals surface area contributed by atoms with Gasteiger partial charge in [0, 0.05) is 50.6 Å². The van der Waals surface area contributed by atoms with Crippen LogP contribution in [0.5, 0.6) is 5.75 Å². The van der Waals surface area contributed by atoms with Crippen LogP contribution < -0.4 is 9.64 Å². The second-order valence-corrected chi connectivity index (χ2v) is 8.37. The van der Waals surface area contributed by atoms with Crippen LogP contribution in [0, 0.1) is 17.7 Å². The summed E-state index contributed by atoms with van der Waals surface area (Å²) in [4.78, 5) is 30.3. The van der Waals surface area contributed by atoms with Crippen LogP contribution in [0.3, 0.4) is 0 Å². The summed E-state index contributed by atoms with van der Waals surface area (Å²) in [6, 6.07) is 4.67. The monoisotopic (exact) mass is 441 g/mol. The normalized spacial score (nSPS) is 22.6. The van der Waals surface area contributed by atoms with Crippen molar-refractivity contribution in [3.8, 4) is 5.75 Å². The second-order valence-electron chi connectivity index (χ2n) is 8.37. The lowest BCUT2D eigenvalue weighted by molar-refractivity contribution is -0.139. The summed E-state index contributed by atoms with van der Waals surface area (Å²) in [6.07, 6.45) is 0.806. The lowest BCUT2D eigenvalue weighted by atomic mass is 10.00. The van der Waals surface area contributed by atoms with Crippen molar-refractivity contribution in [3.63, 3.8) is 0 Å². The Morgan fingerprint density at radius 3 is 2.20 bits per heavy atom. The molecule has 1 aromatic carbocycles. The molecular formula is C22H33ClFN3O3. The van der Waals surface area contributed by atoms with E-state index in [0.717, 1.165) is 44.8 Å². The molecule has 0 radical (unpaired) electrons. The Balaban J connectivity index is 0.00000320. The minimum Gasteiger partial charge on any atom is -0.489 e. The summed E-state index contributed by atoms with van der Waals surface area (Å²) in [5.74, 6) is -0.0579. The molecule has 1 aromatic rings. The Labute approximate surface area is 184 Å². The number of rotatable bonds is 7. The molecule has 0 bridgehead atoms. The van der Waals surface area contributed by atoms with Crippen molar-refractivity contribution >= 4 is 29.9 Å². The predicted octanol–water partition coefficient (Wildman–Crippen LogP) is 3.19. The molecule has 168 valence electrons. The molecule has 8 heteroatoms. The number of hydrogen-bond donors (Lipinski definition) is 0. The molecule has 0 aromatic heterocycles. The Hall–Kier alpha value is -1.86. The standard InChI is InChI=1S/C22H32FN3O3.ClH/c1-15(2)29-20-7-6-18(23)14-19(20)25-12-10-24(11-13-25)8-5-9-26-21(27)16(3)17(4)22(26)28;/h6-7,14-17H,5,8-13H2,1-4H3;1H. The molecule has 30 heavy (non-hydrogen) atoms. The first-order valence-electron chi connectivity index (χ1n) is 10.6. The lowest BCUT2D eigenvalue weighted by Crippen LogP contribution is -2.47. The number of carbonyl (C=O) groups excluding carboxylic acids is 2. The van der Waals surface area contributed by atoms with Gasteiger partial charge in [-0.2, -0.15) is 0 Å². The van der Waals surface area contributed by atoms with E-state index in [-0.39, 0.29) is 48.0 Å². The zero-order valence-corrected chi connectivity index (χ0v) is 19.1. The van der Waals surface area contributed by atoms with E-state index in [1.807, 2.05) is 27.7 Å². The van der Waals surface area contributed by atoms with Gasteiger partial charge in [-0.15, -0.1) is 12.4 Å². The first-order valence-corrected chi connectivity index (χ1v) is 10.6. The third kappa shape index (κ3) is 5.43. The number of benzene rings is 1. The van der Waals surface area contributed by atoms with E-state index in [1.165, 1.54) is 11.0 Å². The quantitative estimate of drug-likeness (QED) is 0.608. The molecule has 2 aliphatic rings. The van der Waals surface area contributed by atoms with Crippen molar-refractivity contribution in [2.24, 2.45) is 11.8 Å². The highest BCUT2D eigenvalue weighted by molar-refractivity contribution is 6.04. The summed E-state index contributed by atoms with van der Waals surface area (Å²) in [6.45, 7) is 12.2. The van der Waals surface area contributed by atoms with Gasteiger partial charge in [0.05, 0.1) is 11.8 Å². The van der Waals surface area contributed by atoms with Crippen molar-refractivity contribution in [2.75, 3.05) is 44.2 Å². The van der Waals surface area contributed by atoms with E-state index in [2.05, 4.69) is 9.80 Å². The molecule has 2 aliphatic heterocycles. The zero-order valence-electron chi connectivity index (χ0n) is 18.3. The van der Waals surface area contributed by atoms with Crippen LogP contribution in [0.4, 0.5) is 10.1 Å². The van der Waals surface area contributed by atoms with Gasteiger partial charge in [0.1, 0.15) is 11.6 Å². The van der Waals surface area contributed by atoms with Gasteiger partial charge in [-0.3, -0.25) is 19.4 Å². The molecule has 2 amide bonds. The molecule has 6 nitrogen and oxygen atoms in total. The van der Waals surface area contributed by atoms with Crippen LogP contribution in [0.2, 0.25) is 0 Å². The fourth-order valence-electron chi connectivity index (χ4n) is 4.00. The Morgan fingerprint density at radius 2 is 1.63 bits per heavy atom. The fourth-order valence-corrected chi connectivity index (χ4v) is 4.00. The molecule has 2 atom stereocenters. The van der Waals surface area contributed by atoms with Gasteiger partial charge in [0.25, 0.3) is 0 Å². The van der Waals surface area contributed by atoms with Gasteiger partial charge in [-0.05, 0) is 38.9 Å². The van der Waals surface area contributed by atoms with Gasteiger partial charge in [0.15, 0.2) is 0 Å². The number of amides is 2. The molecule has 0 N–H and O–H groups in total. The highest BCUT2D eigenvalue weighted by Crippen LogP contribution is 2.31. The minimum atomic E-state index is -0.262. The van der Waals surface area contributed by atoms with Gasteiger partial charge in [-0.25, -0.2) is 4.39 Å². The lowest BCUT2D eigenvalue weighted by Gasteiger charge is -2.37. The number of carbonyl (C=O) groups is 2. The van der Waals surface area contributed by atoms with Crippen molar-refractivity contribution < 1.29 is 18.7 Å². The Kier molecular flexibility index (Phi) is 8.50. The highest BCUT2D eigenvalue weighted by Gasteiger charge is 2.41. The summed E-state index contributed by atoms with van der Waals surface area (Å²) in [7, 11) is 0. The van der Waals surface area contributed by atoms with E-state index >= 15 is 0 Å². The van der Waals surface area contributed by atoms with Crippen LogP contribution in [-0.2, 0) is 9.59 Å². The van der Waals surface area contributed by atoms with Crippen LogP contribution in [0.1, 0.15) is 34.1 Å². The molecule has 3 rings (SSSR count). The maximum absolute atomic E-state index is 13.8.